The van der Waals surface area contributed by atoms with Crippen molar-refractivity contribution < 1.29 is 14.3 Å². The summed E-state index contributed by atoms with van der Waals surface area (Å²) in [5.41, 5.74) is -1.25. The summed E-state index contributed by atoms with van der Waals surface area (Å²) in [5.74, 6) is 0.182. The van der Waals surface area contributed by atoms with Gasteiger partial charge in [0.05, 0.1) is 0 Å². The molecular formula is C10H12N2O5S. The van der Waals surface area contributed by atoms with Gasteiger partial charge < -0.3 is 9.47 Å². The summed E-state index contributed by atoms with van der Waals surface area (Å²) in [6, 6.07) is 1.26. The van der Waals surface area contributed by atoms with Crippen LogP contribution in [0.2, 0.25) is 0 Å². The third-order valence-electron chi connectivity index (χ3n) is 2.32. The van der Waals surface area contributed by atoms with Crippen LogP contribution >= 0.6 is 11.8 Å². The highest BCUT2D eigenvalue weighted by Gasteiger charge is 2.28. The highest BCUT2D eigenvalue weighted by molar-refractivity contribution is 8.00. The Kier molecular flexibility index (Phi) is 3.87. The predicted molar refractivity (Wildman–Crippen MR) is 64.3 cm³/mol. The smallest absolute Gasteiger partial charge is 0.330 e. The van der Waals surface area contributed by atoms with Crippen LogP contribution in [0.15, 0.2) is 21.9 Å². The monoisotopic (exact) mass is 272 g/mol. The Balaban J connectivity index is 2.02. The maximum Gasteiger partial charge on any atom is 0.330 e. The average Bonchev–Trinajstić information content (AvgIpc) is 2.75. The Morgan fingerprint density at radius 2 is 2.44 bits per heavy atom. The average molecular weight is 272 g/mol. The third-order valence-corrected chi connectivity index (χ3v) is 3.41. The minimum absolute atomic E-state index is 0.147. The molecule has 1 aliphatic rings. The number of nitrogens with one attached hydrogen (secondary N) is 1. The lowest BCUT2D eigenvalue weighted by molar-refractivity contribution is -0.144. The lowest BCUT2D eigenvalue weighted by Crippen LogP contribution is -2.32. The van der Waals surface area contributed by atoms with Crippen LogP contribution in [0, 0.1) is 0 Å². The topological polar surface area (TPSA) is 90.4 Å². The Morgan fingerprint density at radius 1 is 1.67 bits per heavy atom. The number of rotatable bonds is 3. The molecule has 1 aromatic heterocycles. The summed E-state index contributed by atoms with van der Waals surface area (Å²) in [6.45, 7) is 1.47. The molecule has 0 unspecified atom stereocenters. The summed E-state index contributed by atoms with van der Waals surface area (Å²) in [7, 11) is 0. The van der Waals surface area contributed by atoms with Crippen molar-refractivity contribution >= 4 is 17.7 Å². The lowest BCUT2D eigenvalue weighted by Gasteiger charge is -2.14. The largest absolute Gasteiger partial charge is 0.462 e. The molecule has 0 radical (unpaired) electrons. The van der Waals surface area contributed by atoms with Gasteiger partial charge in [-0.3, -0.25) is 19.1 Å². The van der Waals surface area contributed by atoms with Crippen molar-refractivity contribution in [1.82, 2.24) is 9.55 Å². The van der Waals surface area contributed by atoms with Crippen LogP contribution in [-0.2, 0) is 14.3 Å². The van der Waals surface area contributed by atoms with Crippen LogP contribution in [0.3, 0.4) is 0 Å². The number of carbonyl (C=O) groups is 1. The van der Waals surface area contributed by atoms with E-state index in [-0.39, 0.29) is 18.0 Å². The number of hydrogen-bond acceptors (Lipinski definition) is 6. The van der Waals surface area contributed by atoms with Gasteiger partial charge in [-0.1, -0.05) is 0 Å². The second-order valence-corrected chi connectivity index (χ2v) is 4.87. The summed E-state index contributed by atoms with van der Waals surface area (Å²) < 4.78 is 11.7. The van der Waals surface area contributed by atoms with Crippen LogP contribution in [0.25, 0.3) is 0 Å². The molecule has 1 aromatic rings. The maximum absolute atomic E-state index is 11.5. The number of hydrogen-bond donors (Lipinski definition) is 1. The number of esters is 1. The normalized spacial score (nSPS) is 22.9. The summed E-state index contributed by atoms with van der Waals surface area (Å²) >= 11 is 1.45. The number of nitrogens with zero attached hydrogens (tertiary/aromatic N) is 1. The molecular weight excluding hydrogens is 260 g/mol. The van der Waals surface area contributed by atoms with Crippen molar-refractivity contribution in [1.29, 1.82) is 0 Å². The number of aromatic amines is 1. The number of carbonyl (C=O) groups excluding carboxylic acids is 1. The van der Waals surface area contributed by atoms with Crippen molar-refractivity contribution in [2.45, 2.75) is 18.6 Å². The van der Waals surface area contributed by atoms with Crippen LogP contribution in [0.5, 0.6) is 0 Å². The van der Waals surface area contributed by atoms with Gasteiger partial charge in [-0.2, -0.15) is 0 Å². The molecule has 0 aliphatic carbocycles. The zero-order chi connectivity index (χ0) is 13.1. The Bertz CT molecular complexity index is 552. The van der Waals surface area contributed by atoms with Gasteiger partial charge in [-0.15, -0.1) is 11.8 Å². The van der Waals surface area contributed by atoms with Crippen LogP contribution in [0.4, 0.5) is 0 Å². The number of ether oxygens (including phenoxy) is 2. The zero-order valence-corrected chi connectivity index (χ0v) is 10.4. The minimum Gasteiger partial charge on any atom is -0.462 e. The first-order valence-corrected chi connectivity index (χ1v) is 6.33. The van der Waals surface area contributed by atoms with Gasteiger partial charge >= 0.3 is 11.7 Å². The maximum atomic E-state index is 11.5. The van der Waals surface area contributed by atoms with E-state index in [1.54, 1.807) is 0 Å². The first-order valence-electron chi connectivity index (χ1n) is 5.28. The molecule has 98 valence electrons. The molecule has 8 heteroatoms. The summed E-state index contributed by atoms with van der Waals surface area (Å²) in [5, 5.41) is 0. The number of aromatic nitrogens is 2. The summed E-state index contributed by atoms with van der Waals surface area (Å²) in [6.07, 6.45) is 0.931. The second kappa shape index (κ2) is 5.40. The molecule has 1 fully saturated rings. The molecule has 0 amide bonds. The second-order valence-electron chi connectivity index (χ2n) is 3.67. The van der Waals surface area contributed by atoms with Gasteiger partial charge in [0.15, 0.2) is 0 Å². The molecule has 2 atom stereocenters. The lowest BCUT2D eigenvalue weighted by atomic mass is 10.5. The Hall–Kier alpha value is -1.54. The molecule has 0 spiro atoms. The van der Waals surface area contributed by atoms with Gasteiger partial charge in [-0.25, -0.2) is 4.79 Å². The van der Waals surface area contributed by atoms with Crippen molar-refractivity contribution in [2.24, 2.45) is 0 Å². The van der Waals surface area contributed by atoms with E-state index in [4.69, 9.17) is 9.47 Å². The number of H-pyrrole nitrogens is 1. The fourth-order valence-corrected chi connectivity index (χ4v) is 2.51. The quantitative estimate of drug-likeness (QED) is 0.759. The van der Waals surface area contributed by atoms with E-state index in [1.165, 1.54) is 35.5 Å². The Labute approximate surface area is 106 Å². The standard InChI is InChI=1S/C10H12N2O5S/c1-6(13)16-4-9-17-8(5-18-9)12-3-2-7(14)11-10(12)15/h2-3,8-9H,4-5H2,1H3,(H,11,14,15)/t8-,9+/m0/s1. The van der Waals surface area contributed by atoms with Crippen LogP contribution in [0.1, 0.15) is 13.2 Å². The van der Waals surface area contributed by atoms with E-state index in [2.05, 4.69) is 4.98 Å². The van der Waals surface area contributed by atoms with E-state index in [9.17, 15) is 14.4 Å². The van der Waals surface area contributed by atoms with E-state index in [0.29, 0.717) is 5.75 Å². The van der Waals surface area contributed by atoms with E-state index in [0.717, 1.165) is 0 Å². The highest BCUT2D eigenvalue weighted by Crippen LogP contribution is 2.30. The van der Waals surface area contributed by atoms with Crippen molar-refractivity contribution in [3.8, 4) is 0 Å². The molecule has 0 bridgehead atoms. The molecule has 0 aromatic carbocycles. The molecule has 7 nitrogen and oxygen atoms in total. The zero-order valence-electron chi connectivity index (χ0n) is 9.62. The summed E-state index contributed by atoms with van der Waals surface area (Å²) in [4.78, 5) is 35.3. The highest BCUT2D eigenvalue weighted by atomic mass is 32.2. The Morgan fingerprint density at radius 3 is 3.11 bits per heavy atom. The molecule has 2 heterocycles. The molecule has 0 saturated carbocycles. The van der Waals surface area contributed by atoms with Crippen molar-refractivity contribution in [3.63, 3.8) is 0 Å². The van der Waals surface area contributed by atoms with E-state index < -0.39 is 17.5 Å². The van der Waals surface area contributed by atoms with Gasteiger partial charge in [0.25, 0.3) is 5.56 Å². The van der Waals surface area contributed by atoms with Gasteiger partial charge in [0.2, 0.25) is 0 Å². The van der Waals surface area contributed by atoms with Crippen LogP contribution in [-0.4, -0.2) is 33.3 Å². The van der Waals surface area contributed by atoms with Gasteiger partial charge in [0, 0.05) is 24.9 Å². The minimum atomic E-state index is -0.513. The van der Waals surface area contributed by atoms with Crippen molar-refractivity contribution in [3.05, 3.63) is 33.1 Å². The van der Waals surface area contributed by atoms with Crippen molar-refractivity contribution in [2.75, 3.05) is 12.4 Å². The fraction of sp³-hybridized carbons (Fsp3) is 0.500. The first kappa shape index (κ1) is 12.9. The third kappa shape index (κ3) is 3.02. The van der Waals surface area contributed by atoms with E-state index in [1.807, 2.05) is 0 Å². The number of thioether (sulfide) groups is 1. The van der Waals surface area contributed by atoms with E-state index >= 15 is 0 Å². The molecule has 18 heavy (non-hydrogen) atoms. The van der Waals surface area contributed by atoms with Gasteiger partial charge in [0.1, 0.15) is 18.3 Å². The SMILES string of the molecule is CC(=O)OC[C@@H]1O[C@H](n2ccc(=O)[nH]c2=O)CS1. The molecule has 1 N–H and O–H groups in total. The molecule has 1 saturated heterocycles. The molecule has 1 aliphatic heterocycles. The predicted octanol–water partition coefficient (Wildman–Crippen LogP) is -0.312. The van der Waals surface area contributed by atoms with Crippen LogP contribution < -0.4 is 11.2 Å². The first-order chi connectivity index (χ1) is 8.56. The molecule has 2 rings (SSSR count). The fourth-order valence-electron chi connectivity index (χ4n) is 1.52. The van der Waals surface area contributed by atoms with Gasteiger partial charge in [-0.05, 0) is 0 Å².